The van der Waals surface area contributed by atoms with Crippen molar-refractivity contribution in [1.29, 1.82) is 0 Å². The molecule has 4 aliphatic carbocycles. The highest BCUT2D eigenvalue weighted by Gasteiger charge is 2.49. The van der Waals surface area contributed by atoms with Gasteiger partial charge in [-0.25, -0.2) is 0 Å². The average Bonchev–Trinajstić information content (AvgIpc) is 2.63. The Hall–Kier alpha value is -0.860. The van der Waals surface area contributed by atoms with Crippen LogP contribution in [0.5, 0.6) is 0 Å². The summed E-state index contributed by atoms with van der Waals surface area (Å²) in [5.41, 5.74) is 0. The van der Waals surface area contributed by atoms with E-state index in [2.05, 4.69) is 21.8 Å². The number of nitrogens with zero attached hydrogens (tertiary/aromatic N) is 3. The van der Waals surface area contributed by atoms with Gasteiger partial charge in [-0.1, -0.05) is 0 Å². The normalized spacial score (nSPS) is 45.2. The summed E-state index contributed by atoms with van der Waals surface area (Å²) in [5.74, 6) is 5.91. The van der Waals surface area contributed by atoms with Crippen LogP contribution in [0.15, 0.2) is 6.33 Å². The smallest absolute Gasteiger partial charge is 0.136 e. The second-order valence-electron chi connectivity index (χ2n) is 6.26. The number of hydrogen-bond donors (Lipinski definition) is 0. The summed E-state index contributed by atoms with van der Waals surface area (Å²) in [4.78, 5) is 0. The first-order valence-corrected chi connectivity index (χ1v) is 6.65. The van der Waals surface area contributed by atoms with Crippen LogP contribution in [0.2, 0.25) is 0 Å². The van der Waals surface area contributed by atoms with Crippen LogP contribution in [0.25, 0.3) is 0 Å². The third-order valence-corrected chi connectivity index (χ3v) is 5.27. The summed E-state index contributed by atoms with van der Waals surface area (Å²) in [5, 5.41) is 8.44. The predicted molar refractivity (Wildman–Crippen MR) is 60.8 cm³/mol. The Labute approximate surface area is 96.3 Å². The Balaban J connectivity index is 1.72. The summed E-state index contributed by atoms with van der Waals surface area (Å²) >= 11 is 0. The van der Waals surface area contributed by atoms with Gasteiger partial charge in [0.05, 0.1) is 0 Å². The van der Waals surface area contributed by atoms with Gasteiger partial charge in [-0.15, -0.1) is 10.2 Å². The predicted octanol–water partition coefficient (Wildman–Crippen LogP) is 2.35. The third kappa shape index (κ3) is 1.14. The third-order valence-electron chi connectivity index (χ3n) is 5.27. The molecule has 4 bridgehead atoms. The molecule has 1 aromatic rings. The molecule has 4 fully saturated rings. The lowest BCUT2D eigenvalue weighted by atomic mass is 9.51. The van der Waals surface area contributed by atoms with E-state index in [-0.39, 0.29) is 0 Å². The minimum Gasteiger partial charge on any atom is -0.320 e. The SMILES string of the molecule is Cn1cnnc1C1C2CC3CC(C2)CC1C3. The molecule has 0 amide bonds. The molecule has 0 saturated heterocycles. The quantitative estimate of drug-likeness (QED) is 0.723. The number of aryl methyl sites for hydroxylation is 1. The van der Waals surface area contributed by atoms with Crippen LogP contribution in [0.3, 0.4) is 0 Å². The zero-order chi connectivity index (χ0) is 10.7. The van der Waals surface area contributed by atoms with Crippen LogP contribution in [0.4, 0.5) is 0 Å². The summed E-state index contributed by atoms with van der Waals surface area (Å²) in [6, 6.07) is 0. The van der Waals surface area contributed by atoms with E-state index in [1.54, 1.807) is 0 Å². The zero-order valence-electron chi connectivity index (χ0n) is 9.84. The van der Waals surface area contributed by atoms with E-state index >= 15 is 0 Å². The molecule has 4 aliphatic rings. The lowest BCUT2D eigenvalue weighted by Gasteiger charge is -2.53. The van der Waals surface area contributed by atoms with Crippen LogP contribution in [-0.2, 0) is 7.05 Å². The van der Waals surface area contributed by atoms with Crippen molar-refractivity contribution in [3.8, 4) is 0 Å². The van der Waals surface area contributed by atoms with E-state index < -0.39 is 0 Å². The van der Waals surface area contributed by atoms with Crippen LogP contribution in [0, 0.1) is 23.7 Å². The fourth-order valence-electron chi connectivity index (χ4n) is 4.94. The van der Waals surface area contributed by atoms with E-state index in [1.165, 1.54) is 37.9 Å². The summed E-state index contributed by atoms with van der Waals surface area (Å²) in [6.07, 6.45) is 9.24. The molecule has 0 aliphatic heterocycles. The molecule has 0 N–H and O–H groups in total. The number of aromatic nitrogens is 3. The summed E-state index contributed by atoms with van der Waals surface area (Å²) in [7, 11) is 2.10. The maximum atomic E-state index is 4.37. The second-order valence-corrected chi connectivity index (χ2v) is 6.26. The van der Waals surface area contributed by atoms with Gasteiger partial charge in [0.1, 0.15) is 12.2 Å². The lowest BCUT2D eigenvalue weighted by Crippen LogP contribution is -2.44. The Morgan fingerprint density at radius 3 is 2.19 bits per heavy atom. The Morgan fingerprint density at radius 2 is 1.69 bits per heavy atom. The van der Waals surface area contributed by atoms with Crippen molar-refractivity contribution in [2.24, 2.45) is 30.7 Å². The molecule has 3 nitrogen and oxygen atoms in total. The Morgan fingerprint density at radius 1 is 1.06 bits per heavy atom. The van der Waals surface area contributed by atoms with Gasteiger partial charge in [0.2, 0.25) is 0 Å². The maximum absolute atomic E-state index is 4.37. The van der Waals surface area contributed by atoms with Crippen LogP contribution >= 0.6 is 0 Å². The molecule has 1 aromatic heterocycles. The number of rotatable bonds is 1. The average molecular weight is 217 g/mol. The van der Waals surface area contributed by atoms with Gasteiger partial charge in [-0.05, 0) is 55.8 Å². The topological polar surface area (TPSA) is 30.7 Å². The van der Waals surface area contributed by atoms with Gasteiger partial charge in [0.15, 0.2) is 0 Å². The fourth-order valence-corrected chi connectivity index (χ4v) is 4.94. The molecular weight excluding hydrogens is 198 g/mol. The molecule has 5 rings (SSSR count). The van der Waals surface area contributed by atoms with E-state index in [0.29, 0.717) is 0 Å². The highest BCUT2D eigenvalue weighted by molar-refractivity contribution is 5.10. The summed E-state index contributed by atoms with van der Waals surface area (Å²) in [6.45, 7) is 0. The first-order chi connectivity index (χ1) is 7.81. The first-order valence-electron chi connectivity index (χ1n) is 6.65. The van der Waals surface area contributed by atoms with Crippen molar-refractivity contribution in [2.45, 2.75) is 38.0 Å². The Bertz CT molecular complexity index is 381. The van der Waals surface area contributed by atoms with Crippen molar-refractivity contribution in [1.82, 2.24) is 14.8 Å². The van der Waals surface area contributed by atoms with E-state index in [9.17, 15) is 0 Å². The van der Waals surface area contributed by atoms with Gasteiger partial charge < -0.3 is 4.57 Å². The monoisotopic (exact) mass is 217 g/mol. The summed E-state index contributed by atoms with van der Waals surface area (Å²) < 4.78 is 2.15. The van der Waals surface area contributed by atoms with Gasteiger partial charge in [-0.3, -0.25) is 0 Å². The molecule has 0 atom stereocenters. The maximum Gasteiger partial charge on any atom is 0.136 e. The van der Waals surface area contributed by atoms with Crippen molar-refractivity contribution in [3.63, 3.8) is 0 Å². The zero-order valence-corrected chi connectivity index (χ0v) is 9.84. The lowest BCUT2D eigenvalue weighted by molar-refractivity contribution is -0.00660. The largest absolute Gasteiger partial charge is 0.320 e. The highest BCUT2D eigenvalue weighted by atomic mass is 15.2. The minimum absolute atomic E-state index is 0.722. The molecule has 0 radical (unpaired) electrons. The second kappa shape index (κ2) is 3.08. The van der Waals surface area contributed by atoms with E-state index in [0.717, 1.165) is 29.6 Å². The first kappa shape index (κ1) is 9.20. The molecule has 0 unspecified atom stereocenters. The number of hydrogen-bond acceptors (Lipinski definition) is 2. The van der Waals surface area contributed by atoms with Crippen molar-refractivity contribution < 1.29 is 0 Å². The molecule has 0 aromatic carbocycles. The van der Waals surface area contributed by atoms with Gasteiger partial charge >= 0.3 is 0 Å². The Kier molecular flexibility index (Phi) is 1.77. The molecule has 1 heterocycles. The standard InChI is InChI=1S/C13H19N3/c1-16-7-14-15-13(16)12-10-3-8-2-9(5-10)6-11(12)4-8/h7-12H,2-6H2,1H3. The van der Waals surface area contributed by atoms with E-state index in [1.807, 2.05) is 6.33 Å². The molecule has 16 heavy (non-hydrogen) atoms. The van der Waals surface area contributed by atoms with Crippen molar-refractivity contribution >= 4 is 0 Å². The van der Waals surface area contributed by atoms with Crippen LogP contribution < -0.4 is 0 Å². The molecular formula is C13H19N3. The van der Waals surface area contributed by atoms with E-state index in [4.69, 9.17) is 0 Å². The molecule has 4 saturated carbocycles. The fraction of sp³-hybridized carbons (Fsp3) is 0.846. The minimum atomic E-state index is 0.722. The van der Waals surface area contributed by atoms with Gasteiger partial charge in [0.25, 0.3) is 0 Å². The van der Waals surface area contributed by atoms with Gasteiger partial charge in [0, 0.05) is 13.0 Å². The van der Waals surface area contributed by atoms with Crippen molar-refractivity contribution in [2.75, 3.05) is 0 Å². The molecule has 86 valence electrons. The van der Waals surface area contributed by atoms with Crippen LogP contribution in [-0.4, -0.2) is 14.8 Å². The van der Waals surface area contributed by atoms with Crippen LogP contribution in [0.1, 0.15) is 43.8 Å². The molecule has 3 heteroatoms. The van der Waals surface area contributed by atoms with Crippen molar-refractivity contribution in [3.05, 3.63) is 12.2 Å². The van der Waals surface area contributed by atoms with Gasteiger partial charge in [-0.2, -0.15) is 0 Å². The highest BCUT2D eigenvalue weighted by Crippen LogP contribution is 2.59. The molecule has 0 spiro atoms.